The van der Waals surface area contributed by atoms with Crippen LogP contribution in [0.1, 0.15) is 51.0 Å². The van der Waals surface area contributed by atoms with Gasteiger partial charge in [0.05, 0.1) is 6.61 Å². The summed E-state index contributed by atoms with van der Waals surface area (Å²) in [5.74, 6) is -0.134. The van der Waals surface area contributed by atoms with Crippen molar-refractivity contribution in [3.05, 3.63) is 35.9 Å². The molecule has 0 aliphatic rings. The second-order valence-electron chi connectivity index (χ2n) is 5.61. The average molecular weight is 305 g/mol. The number of benzene rings is 1. The molecule has 0 aliphatic carbocycles. The van der Waals surface area contributed by atoms with Gasteiger partial charge in [-0.2, -0.15) is 5.48 Å². The maximum absolute atomic E-state index is 10.8. The standard InChI is InChI=1S/C18H27NO3/c1-2-7-18(11-6-10-16(14-21)12-13-20)19-22-15-17-8-4-3-5-9-17/h3-5,8-9,13-14,16,18-19H,2,6-7,10-12,15H2,1H3/t16-,18?/m1/s1. The van der Waals surface area contributed by atoms with E-state index in [2.05, 4.69) is 12.4 Å². The van der Waals surface area contributed by atoms with Crippen molar-refractivity contribution in [3.8, 4) is 0 Å². The van der Waals surface area contributed by atoms with Crippen LogP contribution in [0.2, 0.25) is 0 Å². The highest BCUT2D eigenvalue weighted by Crippen LogP contribution is 2.13. The SMILES string of the molecule is CCCC(CCC[C@@H](C=O)CC=O)NOCc1ccccc1. The van der Waals surface area contributed by atoms with Gasteiger partial charge >= 0.3 is 0 Å². The third-order valence-corrected chi connectivity index (χ3v) is 3.69. The second-order valence-corrected chi connectivity index (χ2v) is 5.61. The molecule has 0 bridgehead atoms. The normalized spacial score (nSPS) is 13.5. The third kappa shape index (κ3) is 8.05. The fraction of sp³-hybridized carbons (Fsp3) is 0.556. The Labute approximate surface area is 133 Å². The molecule has 0 amide bonds. The molecule has 0 spiro atoms. The predicted octanol–water partition coefficient (Wildman–Crippen LogP) is 3.45. The lowest BCUT2D eigenvalue weighted by molar-refractivity contribution is -0.115. The zero-order valence-electron chi connectivity index (χ0n) is 13.4. The van der Waals surface area contributed by atoms with Gasteiger partial charge < -0.3 is 9.59 Å². The van der Waals surface area contributed by atoms with Crippen molar-refractivity contribution < 1.29 is 14.4 Å². The first-order valence-corrected chi connectivity index (χ1v) is 8.10. The van der Waals surface area contributed by atoms with Gasteiger partial charge in [-0.15, -0.1) is 0 Å². The van der Waals surface area contributed by atoms with Crippen LogP contribution >= 0.6 is 0 Å². The van der Waals surface area contributed by atoms with E-state index in [1.807, 2.05) is 30.3 Å². The number of carbonyl (C=O) groups is 2. The molecule has 0 saturated heterocycles. The number of hydroxylamine groups is 1. The minimum atomic E-state index is -0.134. The van der Waals surface area contributed by atoms with Gasteiger partial charge in [0, 0.05) is 18.4 Å². The molecule has 2 atom stereocenters. The van der Waals surface area contributed by atoms with Gasteiger partial charge in [0.2, 0.25) is 0 Å². The Balaban J connectivity index is 2.26. The van der Waals surface area contributed by atoms with E-state index < -0.39 is 0 Å². The fourth-order valence-electron chi connectivity index (χ4n) is 2.42. The topological polar surface area (TPSA) is 55.4 Å². The lowest BCUT2D eigenvalue weighted by atomic mass is 9.97. The Morgan fingerprint density at radius 2 is 1.91 bits per heavy atom. The van der Waals surface area contributed by atoms with E-state index in [1.165, 1.54) is 0 Å². The van der Waals surface area contributed by atoms with Crippen LogP contribution in [-0.4, -0.2) is 18.6 Å². The molecule has 1 aromatic carbocycles. The first-order chi connectivity index (χ1) is 10.8. The van der Waals surface area contributed by atoms with Crippen LogP contribution in [0.15, 0.2) is 30.3 Å². The molecule has 0 saturated carbocycles. The quantitative estimate of drug-likeness (QED) is 0.448. The van der Waals surface area contributed by atoms with Crippen molar-refractivity contribution in [2.75, 3.05) is 0 Å². The molecule has 0 aromatic heterocycles. The van der Waals surface area contributed by atoms with E-state index in [0.717, 1.165) is 50.2 Å². The molecule has 4 nitrogen and oxygen atoms in total. The number of rotatable bonds is 13. The van der Waals surface area contributed by atoms with Gasteiger partial charge in [0.1, 0.15) is 12.6 Å². The van der Waals surface area contributed by atoms with Crippen LogP contribution in [0, 0.1) is 5.92 Å². The van der Waals surface area contributed by atoms with Crippen LogP contribution in [0.5, 0.6) is 0 Å². The van der Waals surface area contributed by atoms with Crippen LogP contribution < -0.4 is 5.48 Å². The van der Waals surface area contributed by atoms with Gasteiger partial charge in [0.25, 0.3) is 0 Å². The molecule has 0 heterocycles. The number of hydrogen-bond acceptors (Lipinski definition) is 4. The first-order valence-electron chi connectivity index (χ1n) is 8.10. The molecule has 1 aromatic rings. The lowest BCUT2D eigenvalue weighted by Crippen LogP contribution is -2.29. The van der Waals surface area contributed by atoms with Crippen molar-refractivity contribution in [1.82, 2.24) is 5.48 Å². The Morgan fingerprint density at radius 3 is 2.55 bits per heavy atom. The molecule has 4 heteroatoms. The Hall–Kier alpha value is -1.52. The molecule has 1 unspecified atom stereocenters. The Bertz CT molecular complexity index is 408. The maximum Gasteiger partial charge on any atom is 0.123 e. The van der Waals surface area contributed by atoms with Crippen molar-refractivity contribution in [2.24, 2.45) is 5.92 Å². The monoisotopic (exact) mass is 305 g/mol. The molecule has 0 fully saturated rings. The van der Waals surface area contributed by atoms with E-state index >= 15 is 0 Å². The highest BCUT2D eigenvalue weighted by molar-refractivity contribution is 5.61. The van der Waals surface area contributed by atoms with Gasteiger partial charge in [-0.25, -0.2) is 0 Å². The summed E-state index contributed by atoms with van der Waals surface area (Å²) in [5.41, 5.74) is 4.27. The Kier molecular flexibility index (Phi) is 10.2. The summed E-state index contributed by atoms with van der Waals surface area (Å²) in [6.07, 6.45) is 6.80. The van der Waals surface area contributed by atoms with E-state index in [1.54, 1.807) is 0 Å². The minimum Gasteiger partial charge on any atom is -0.303 e. The van der Waals surface area contributed by atoms with Gasteiger partial charge in [-0.3, -0.25) is 4.84 Å². The van der Waals surface area contributed by atoms with Crippen LogP contribution in [0.4, 0.5) is 0 Å². The molecule has 122 valence electrons. The predicted molar refractivity (Wildman–Crippen MR) is 87.1 cm³/mol. The van der Waals surface area contributed by atoms with Gasteiger partial charge in [-0.1, -0.05) is 50.1 Å². The number of nitrogens with one attached hydrogen (secondary N) is 1. The van der Waals surface area contributed by atoms with E-state index in [-0.39, 0.29) is 12.0 Å². The van der Waals surface area contributed by atoms with Crippen LogP contribution in [0.25, 0.3) is 0 Å². The lowest BCUT2D eigenvalue weighted by Gasteiger charge is -2.18. The highest BCUT2D eigenvalue weighted by atomic mass is 16.6. The average Bonchev–Trinajstić information content (AvgIpc) is 2.55. The number of aldehydes is 2. The fourth-order valence-corrected chi connectivity index (χ4v) is 2.42. The summed E-state index contributed by atoms with van der Waals surface area (Å²) in [5, 5.41) is 0. The first kappa shape index (κ1) is 18.5. The van der Waals surface area contributed by atoms with Crippen LogP contribution in [-0.2, 0) is 21.0 Å². The largest absolute Gasteiger partial charge is 0.303 e. The molecule has 1 rings (SSSR count). The summed E-state index contributed by atoms with van der Waals surface area (Å²) >= 11 is 0. The van der Waals surface area contributed by atoms with Gasteiger partial charge in [-0.05, 0) is 24.8 Å². The minimum absolute atomic E-state index is 0.134. The molecule has 0 radical (unpaired) electrons. The summed E-state index contributed by atoms with van der Waals surface area (Å²) in [6.45, 7) is 2.69. The summed E-state index contributed by atoms with van der Waals surface area (Å²) in [7, 11) is 0. The van der Waals surface area contributed by atoms with E-state index in [0.29, 0.717) is 13.0 Å². The zero-order valence-corrected chi connectivity index (χ0v) is 13.4. The van der Waals surface area contributed by atoms with E-state index in [4.69, 9.17) is 4.84 Å². The summed E-state index contributed by atoms with van der Waals surface area (Å²) in [4.78, 5) is 26.9. The van der Waals surface area contributed by atoms with Crippen molar-refractivity contribution >= 4 is 12.6 Å². The third-order valence-electron chi connectivity index (χ3n) is 3.69. The molecule has 1 N–H and O–H groups in total. The molecule has 22 heavy (non-hydrogen) atoms. The molecule has 0 aliphatic heterocycles. The summed E-state index contributed by atoms with van der Waals surface area (Å²) < 4.78 is 0. The summed E-state index contributed by atoms with van der Waals surface area (Å²) in [6, 6.07) is 10.3. The highest BCUT2D eigenvalue weighted by Gasteiger charge is 2.11. The van der Waals surface area contributed by atoms with E-state index in [9.17, 15) is 9.59 Å². The Morgan fingerprint density at radius 1 is 1.14 bits per heavy atom. The van der Waals surface area contributed by atoms with Gasteiger partial charge in [0.15, 0.2) is 0 Å². The van der Waals surface area contributed by atoms with Crippen molar-refractivity contribution in [1.29, 1.82) is 0 Å². The second kappa shape index (κ2) is 12.1. The zero-order chi connectivity index (χ0) is 16.0. The smallest absolute Gasteiger partial charge is 0.123 e. The molecular formula is C18H27NO3. The van der Waals surface area contributed by atoms with Crippen LogP contribution in [0.3, 0.4) is 0 Å². The maximum atomic E-state index is 10.8. The number of carbonyl (C=O) groups excluding carboxylic acids is 2. The van der Waals surface area contributed by atoms with Crippen molar-refractivity contribution in [2.45, 2.75) is 58.1 Å². The van der Waals surface area contributed by atoms with Crippen molar-refractivity contribution in [3.63, 3.8) is 0 Å². The number of hydrogen-bond donors (Lipinski definition) is 1. The molecular weight excluding hydrogens is 278 g/mol.